The zero-order valence-corrected chi connectivity index (χ0v) is 10.1. The van der Waals surface area contributed by atoms with Crippen molar-refractivity contribution in [1.29, 1.82) is 5.26 Å². The van der Waals surface area contributed by atoms with Crippen molar-refractivity contribution in [3.05, 3.63) is 34.9 Å². The Morgan fingerprint density at radius 2 is 2.00 bits per heavy atom. The van der Waals surface area contributed by atoms with E-state index in [1.54, 1.807) is 0 Å². The van der Waals surface area contributed by atoms with Gasteiger partial charge in [0.1, 0.15) is 6.07 Å². The number of carbonyl (C=O) groups excluding carboxylic acids is 2. The van der Waals surface area contributed by atoms with Crippen LogP contribution in [0.4, 0.5) is 0 Å². The highest BCUT2D eigenvalue weighted by atomic mass is 35.5. The van der Waals surface area contributed by atoms with Crippen LogP contribution in [0.2, 0.25) is 0 Å². The summed E-state index contributed by atoms with van der Waals surface area (Å²) in [5.41, 5.74) is 0.202. The molecule has 0 saturated heterocycles. The normalized spacial score (nSPS) is 11.4. The van der Waals surface area contributed by atoms with Crippen molar-refractivity contribution in [1.82, 2.24) is 0 Å². The smallest absolute Gasteiger partial charge is 0.339 e. The van der Waals surface area contributed by atoms with Gasteiger partial charge in [-0.2, -0.15) is 5.26 Å². The number of halogens is 1. The molecule has 0 saturated carbocycles. The van der Waals surface area contributed by atoms with Gasteiger partial charge >= 0.3 is 5.97 Å². The average molecular weight is 252 g/mol. The van der Waals surface area contributed by atoms with Gasteiger partial charge in [0.15, 0.2) is 5.78 Å². The quantitative estimate of drug-likeness (QED) is 0.469. The number of nitriles is 1. The first-order chi connectivity index (χ1) is 8.02. The lowest BCUT2D eigenvalue weighted by Crippen LogP contribution is -2.15. The van der Waals surface area contributed by atoms with Gasteiger partial charge in [-0.3, -0.25) is 4.79 Å². The minimum atomic E-state index is -0.755. The third-order valence-electron chi connectivity index (χ3n) is 2.21. The van der Waals surface area contributed by atoms with Crippen LogP contribution in [-0.2, 0) is 4.74 Å². The Labute approximate surface area is 104 Å². The number of hydrogen-bond acceptors (Lipinski definition) is 4. The van der Waals surface area contributed by atoms with E-state index >= 15 is 0 Å². The highest BCUT2D eigenvalue weighted by Crippen LogP contribution is 2.18. The molecule has 0 radical (unpaired) electrons. The summed E-state index contributed by atoms with van der Waals surface area (Å²) < 4.78 is 4.54. The molecule has 0 bridgehead atoms. The molecule has 0 aromatic heterocycles. The van der Waals surface area contributed by atoms with Crippen LogP contribution < -0.4 is 0 Å². The van der Waals surface area contributed by atoms with Crippen molar-refractivity contribution in [3.8, 4) is 6.07 Å². The number of hydrogen-bond donors (Lipinski definition) is 0. The monoisotopic (exact) mass is 251 g/mol. The van der Waals surface area contributed by atoms with Crippen LogP contribution in [-0.4, -0.2) is 24.2 Å². The fourth-order valence-electron chi connectivity index (χ4n) is 1.37. The fraction of sp³-hybridized carbons (Fsp3) is 0.250. The number of ketones is 1. The second kappa shape index (κ2) is 5.46. The summed E-state index contributed by atoms with van der Waals surface area (Å²) in [6.07, 6.45) is 0. The zero-order chi connectivity index (χ0) is 13.0. The van der Waals surface area contributed by atoms with Crippen molar-refractivity contribution < 1.29 is 14.3 Å². The number of esters is 1. The molecule has 0 aliphatic rings. The molecule has 0 spiro atoms. The van der Waals surface area contributed by atoms with Crippen molar-refractivity contribution in [3.63, 3.8) is 0 Å². The second-order valence-electron chi connectivity index (χ2n) is 3.31. The number of rotatable bonds is 3. The summed E-state index contributed by atoms with van der Waals surface area (Å²) in [4.78, 5) is 23.2. The predicted molar refractivity (Wildman–Crippen MR) is 62.1 cm³/mol. The van der Waals surface area contributed by atoms with Crippen LogP contribution in [0, 0.1) is 11.3 Å². The van der Waals surface area contributed by atoms with Crippen molar-refractivity contribution >= 4 is 23.4 Å². The Bertz CT molecular complexity index is 503. The molecule has 0 amide bonds. The Hall–Kier alpha value is -1.86. The van der Waals surface area contributed by atoms with E-state index in [-0.39, 0.29) is 16.7 Å². The van der Waals surface area contributed by atoms with Gasteiger partial charge in [-0.1, -0.05) is 6.07 Å². The van der Waals surface area contributed by atoms with Crippen molar-refractivity contribution in [2.75, 3.05) is 7.11 Å². The maximum atomic E-state index is 11.8. The Balaban J connectivity index is 3.40. The first-order valence-electron chi connectivity index (χ1n) is 4.82. The highest BCUT2D eigenvalue weighted by Gasteiger charge is 2.21. The Morgan fingerprint density at radius 1 is 1.41 bits per heavy atom. The van der Waals surface area contributed by atoms with E-state index in [1.165, 1.54) is 32.2 Å². The van der Waals surface area contributed by atoms with Crippen molar-refractivity contribution in [2.24, 2.45) is 0 Å². The minimum Gasteiger partial charge on any atom is -0.465 e. The molecule has 0 N–H and O–H groups in total. The summed E-state index contributed by atoms with van der Waals surface area (Å²) in [7, 11) is 1.21. The lowest BCUT2D eigenvalue weighted by atomic mass is 9.98. The molecular weight excluding hydrogens is 242 g/mol. The molecule has 4 nitrogen and oxygen atoms in total. The maximum absolute atomic E-state index is 11.8. The summed E-state index contributed by atoms with van der Waals surface area (Å²) in [6.45, 7) is 1.51. The topological polar surface area (TPSA) is 67.2 Å². The molecule has 1 aromatic rings. The molecule has 0 fully saturated rings. The van der Waals surface area contributed by atoms with Crippen LogP contribution in [0.3, 0.4) is 0 Å². The molecule has 17 heavy (non-hydrogen) atoms. The van der Waals surface area contributed by atoms with E-state index in [4.69, 9.17) is 16.9 Å². The third-order valence-corrected chi connectivity index (χ3v) is 2.41. The molecule has 0 heterocycles. The van der Waals surface area contributed by atoms with Gasteiger partial charge < -0.3 is 4.74 Å². The molecule has 5 heteroatoms. The number of methoxy groups -OCH3 is 1. The zero-order valence-electron chi connectivity index (χ0n) is 9.36. The third kappa shape index (κ3) is 2.63. The number of nitrogens with zero attached hydrogens (tertiary/aromatic N) is 1. The van der Waals surface area contributed by atoms with Gasteiger partial charge in [0.05, 0.1) is 23.6 Å². The Kier molecular flexibility index (Phi) is 4.24. The molecule has 88 valence electrons. The summed E-state index contributed by atoms with van der Waals surface area (Å²) in [5.74, 6) is -1.05. The van der Waals surface area contributed by atoms with Crippen LogP contribution in [0.1, 0.15) is 33.2 Å². The number of ether oxygens (including phenoxy) is 1. The van der Waals surface area contributed by atoms with E-state index < -0.39 is 17.1 Å². The first-order valence-corrected chi connectivity index (χ1v) is 5.26. The highest BCUT2D eigenvalue weighted by molar-refractivity contribution is 6.34. The molecule has 1 aromatic carbocycles. The van der Waals surface area contributed by atoms with E-state index in [9.17, 15) is 9.59 Å². The largest absolute Gasteiger partial charge is 0.465 e. The van der Waals surface area contributed by atoms with Gasteiger partial charge in [0, 0.05) is 5.56 Å². The van der Waals surface area contributed by atoms with E-state index in [2.05, 4.69) is 4.74 Å². The van der Waals surface area contributed by atoms with E-state index in [0.717, 1.165) is 0 Å². The van der Waals surface area contributed by atoms with Gasteiger partial charge in [-0.25, -0.2) is 4.79 Å². The number of carbonyl (C=O) groups is 2. The number of benzene rings is 1. The first kappa shape index (κ1) is 13.2. The molecule has 1 unspecified atom stereocenters. The summed E-state index contributed by atoms with van der Waals surface area (Å²) in [5, 5.41) is 8.27. The lowest BCUT2D eigenvalue weighted by molar-refractivity contribution is 0.0600. The summed E-state index contributed by atoms with van der Waals surface area (Å²) in [6, 6.07) is 6.24. The average Bonchev–Trinajstić information content (AvgIpc) is 2.35. The van der Waals surface area contributed by atoms with Gasteiger partial charge in [0.25, 0.3) is 0 Å². The fourth-order valence-corrected chi connectivity index (χ4v) is 1.49. The molecule has 1 atom stereocenters. The van der Waals surface area contributed by atoms with Crippen LogP contribution >= 0.6 is 11.6 Å². The lowest BCUT2D eigenvalue weighted by Gasteiger charge is -2.08. The Morgan fingerprint density at radius 3 is 2.47 bits per heavy atom. The molecular formula is C12H10ClNO3. The summed E-state index contributed by atoms with van der Waals surface area (Å²) >= 11 is 5.68. The van der Waals surface area contributed by atoms with Crippen LogP contribution in [0.25, 0.3) is 0 Å². The van der Waals surface area contributed by atoms with Crippen molar-refractivity contribution in [2.45, 2.75) is 12.3 Å². The minimum absolute atomic E-state index is 0.00292. The molecule has 0 aliphatic carbocycles. The number of Topliss-reactive ketones (excluding diaryl/α,β-unsaturated/α-hetero) is 1. The SMILES string of the molecule is COC(=O)c1cccc(C(=O)C(C)Cl)c1C#N. The predicted octanol–water partition coefficient (Wildman–Crippen LogP) is 2.15. The van der Waals surface area contributed by atoms with E-state index in [1.807, 2.05) is 6.07 Å². The number of alkyl halides is 1. The second-order valence-corrected chi connectivity index (χ2v) is 3.97. The van der Waals surface area contributed by atoms with Crippen LogP contribution in [0.15, 0.2) is 18.2 Å². The van der Waals surface area contributed by atoms with Gasteiger partial charge in [0.2, 0.25) is 0 Å². The van der Waals surface area contributed by atoms with Gasteiger partial charge in [-0.05, 0) is 19.1 Å². The van der Waals surface area contributed by atoms with Gasteiger partial charge in [-0.15, -0.1) is 11.6 Å². The molecule has 0 aliphatic heterocycles. The maximum Gasteiger partial charge on any atom is 0.339 e. The molecule has 1 rings (SSSR count). The van der Waals surface area contributed by atoms with E-state index in [0.29, 0.717) is 0 Å². The van der Waals surface area contributed by atoms with Crippen LogP contribution in [0.5, 0.6) is 0 Å². The standard InChI is InChI=1S/C12H10ClNO3/c1-7(13)11(15)8-4-3-5-9(10(8)6-14)12(16)17-2/h3-5,7H,1-2H3.